The highest BCUT2D eigenvalue weighted by atomic mass is 19.1. The summed E-state index contributed by atoms with van der Waals surface area (Å²) in [5, 5.41) is 10.2. The Labute approximate surface area is 206 Å². The van der Waals surface area contributed by atoms with Crippen LogP contribution in [-0.4, -0.2) is 16.1 Å². The van der Waals surface area contributed by atoms with E-state index in [9.17, 15) is 9.90 Å². The van der Waals surface area contributed by atoms with Gasteiger partial charge in [0.15, 0.2) is 5.82 Å². The molecule has 0 radical (unpaired) electrons. The largest absolute Gasteiger partial charge is 0.489 e. The van der Waals surface area contributed by atoms with Gasteiger partial charge in [-0.15, -0.1) is 0 Å². The molecule has 3 aromatic carbocycles. The molecule has 3 N–H and O–H groups in total. The predicted octanol–water partition coefficient (Wildman–Crippen LogP) is 5.97. The van der Waals surface area contributed by atoms with E-state index in [0.29, 0.717) is 28.0 Å². The lowest BCUT2D eigenvalue weighted by Crippen LogP contribution is -2.05. The van der Waals surface area contributed by atoms with Crippen LogP contribution in [0.3, 0.4) is 0 Å². The number of carboxylic acids is 1. The molecule has 0 fully saturated rings. The SMILES string of the molecule is NCc1nccc(-c2cc(COc3cc(-c4ccccc4)ccc3CC(=O)O)cc3ccoc23)c1F. The third-order valence-electron chi connectivity index (χ3n) is 5.97. The van der Waals surface area contributed by atoms with Crippen LogP contribution in [-0.2, 0) is 24.4 Å². The number of rotatable bonds is 8. The zero-order chi connectivity index (χ0) is 25.1. The molecule has 6 nitrogen and oxygen atoms in total. The lowest BCUT2D eigenvalue weighted by atomic mass is 10.00. The topological polar surface area (TPSA) is 98.6 Å². The first kappa shape index (κ1) is 23.3. The number of aromatic nitrogens is 1. The molecule has 0 aliphatic carbocycles. The monoisotopic (exact) mass is 482 g/mol. The van der Waals surface area contributed by atoms with Gasteiger partial charge in [-0.2, -0.15) is 0 Å². The maximum absolute atomic E-state index is 15.1. The van der Waals surface area contributed by atoms with Gasteiger partial charge in [0.05, 0.1) is 18.4 Å². The Kier molecular flexibility index (Phi) is 6.47. The van der Waals surface area contributed by atoms with Crippen molar-refractivity contribution in [3.8, 4) is 28.0 Å². The lowest BCUT2D eigenvalue weighted by molar-refractivity contribution is -0.136. The number of benzene rings is 3. The number of nitrogens with zero attached hydrogens (tertiary/aromatic N) is 1. The zero-order valence-corrected chi connectivity index (χ0v) is 19.3. The normalized spacial score (nSPS) is 11.1. The maximum atomic E-state index is 15.1. The van der Waals surface area contributed by atoms with E-state index < -0.39 is 11.8 Å². The zero-order valence-electron chi connectivity index (χ0n) is 19.3. The van der Waals surface area contributed by atoms with Crippen molar-refractivity contribution >= 4 is 16.9 Å². The second-order valence-electron chi connectivity index (χ2n) is 8.35. The minimum absolute atomic E-state index is 0.0200. The minimum Gasteiger partial charge on any atom is -0.489 e. The van der Waals surface area contributed by atoms with Crippen molar-refractivity contribution in [3.63, 3.8) is 0 Å². The minimum atomic E-state index is -0.946. The summed E-state index contributed by atoms with van der Waals surface area (Å²) in [4.78, 5) is 15.4. The molecule has 0 bridgehead atoms. The first-order valence-electron chi connectivity index (χ1n) is 11.4. The maximum Gasteiger partial charge on any atom is 0.307 e. The van der Waals surface area contributed by atoms with Crippen LogP contribution in [0.5, 0.6) is 5.75 Å². The third kappa shape index (κ3) is 4.69. The molecule has 2 heterocycles. The Hall–Kier alpha value is -4.49. The van der Waals surface area contributed by atoms with Gasteiger partial charge in [-0.1, -0.05) is 42.5 Å². The molecule has 0 unspecified atom stereocenters. The van der Waals surface area contributed by atoms with E-state index >= 15 is 4.39 Å². The van der Waals surface area contributed by atoms with E-state index in [2.05, 4.69) is 4.98 Å². The molecule has 0 saturated heterocycles. The van der Waals surface area contributed by atoms with Crippen molar-refractivity contribution in [1.29, 1.82) is 0 Å². The average Bonchev–Trinajstić information content (AvgIpc) is 3.37. The molecule has 36 heavy (non-hydrogen) atoms. The number of carboxylic acid groups (broad SMARTS) is 1. The number of carbonyl (C=O) groups is 1. The fraction of sp³-hybridized carbons (Fsp3) is 0.103. The molecular formula is C29H23FN2O4. The molecule has 0 aliphatic rings. The number of nitrogens with two attached hydrogens (primary N) is 1. The van der Waals surface area contributed by atoms with Gasteiger partial charge in [0.2, 0.25) is 0 Å². The fourth-order valence-corrected chi connectivity index (χ4v) is 4.23. The molecule has 0 saturated carbocycles. The van der Waals surface area contributed by atoms with Crippen LogP contribution in [0.1, 0.15) is 16.8 Å². The Morgan fingerprint density at radius 2 is 1.83 bits per heavy atom. The Morgan fingerprint density at radius 1 is 1.00 bits per heavy atom. The van der Waals surface area contributed by atoms with Gasteiger partial charge >= 0.3 is 5.97 Å². The molecule has 5 rings (SSSR count). The van der Waals surface area contributed by atoms with Crippen LogP contribution in [0.25, 0.3) is 33.2 Å². The molecule has 2 aromatic heterocycles. The second-order valence-corrected chi connectivity index (χ2v) is 8.35. The quantitative estimate of drug-likeness (QED) is 0.283. The first-order chi connectivity index (χ1) is 17.5. The van der Waals surface area contributed by atoms with E-state index in [-0.39, 0.29) is 25.3 Å². The van der Waals surface area contributed by atoms with Crippen LogP contribution in [0.2, 0.25) is 0 Å². The highest BCUT2D eigenvalue weighted by Crippen LogP contribution is 2.34. The summed E-state index contributed by atoms with van der Waals surface area (Å²) in [5.74, 6) is -0.957. The summed E-state index contributed by atoms with van der Waals surface area (Å²) in [5.41, 5.74) is 10.5. The molecule has 0 spiro atoms. The Bertz CT molecular complexity index is 1550. The predicted molar refractivity (Wildman–Crippen MR) is 135 cm³/mol. The summed E-state index contributed by atoms with van der Waals surface area (Å²) in [6, 6.07) is 22.4. The molecule has 180 valence electrons. The summed E-state index contributed by atoms with van der Waals surface area (Å²) < 4.78 is 26.9. The second kappa shape index (κ2) is 10.0. The van der Waals surface area contributed by atoms with Crippen LogP contribution in [0.4, 0.5) is 4.39 Å². The van der Waals surface area contributed by atoms with Gasteiger partial charge in [-0.25, -0.2) is 4.39 Å². The molecule has 0 amide bonds. The Morgan fingerprint density at radius 3 is 2.61 bits per heavy atom. The molecule has 5 aromatic rings. The smallest absolute Gasteiger partial charge is 0.307 e. The highest BCUT2D eigenvalue weighted by molar-refractivity contribution is 5.93. The first-order valence-corrected chi connectivity index (χ1v) is 11.4. The third-order valence-corrected chi connectivity index (χ3v) is 5.97. The van der Waals surface area contributed by atoms with Gasteiger partial charge in [0.1, 0.15) is 17.9 Å². The van der Waals surface area contributed by atoms with Gasteiger partial charge in [0.25, 0.3) is 0 Å². The van der Waals surface area contributed by atoms with Crippen molar-refractivity contribution in [1.82, 2.24) is 4.98 Å². The standard InChI is InChI=1S/C29H23FN2O4/c30-28-23(8-10-32-25(28)16-31)24-13-18(12-22-9-11-35-29(22)24)17-36-26-14-20(19-4-2-1-3-5-19)6-7-21(26)15-27(33)34/h1-14H,15-17,31H2,(H,33,34). The number of hydrogen-bond donors (Lipinski definition) is 2. The van der Waals surface area contributed by atoms with E-state index in [0.717, 1.165) is 22.1 Å². The number of furan rings is 1. The van der Waals surface area contributed by atoms with Crippen molar-refractivity contribution in [2.75, 3.05) is 0 Å². The van der Waals surface area contributed by atoms with Crippen molar-refractivity contribution in [2.24, 2.45) is 5.73 Å². The molecule has 0 aliphatic heterocycles. The van der Waals surface area contributed by atoms with Crippen LogP contribution in [0, 0.1) is 5.82 Å². The van der Waals surface area contributed by atoms with Crippen LogP contribution < -0.4 is 10.5 Å². The highest BCUT2D eigenvalue weighted by Gasteiger charge is 2.17. The molecular weight excluding hydrogens is 459 g/mol. The lowest BCUT2D eigenvalue weighted by Gasteiger charge is -2.14. The van der Waals surface area contributed by atoms with Crippen molar-refractivity contribution < 1.29 is 23.4 Å². The van der Waals surface area contributed by atoms with Crippen LogP contribution in [0.15, 0.2) is 89.7 Å². The summed E-state index contributed by atoms with van der Waals surface area (Å²) >= 11 is 0. The number of fused-ring (bicyclic) bond motifs is 1. The van der Waals surface area contributed by atoms with Crippen molar-refractivity contribution in [3.05, 3.63) is 108 Å². The van der Waals surface area contributed by atoms with Crippen LogP contribution >= 0.6 is 0 Å². The number of halogens is 1. The molecule has 7 heteroatoms. The van der Waals surface area contributed by atoms with Gasteiger partial charge < -0.3 is 20.0 Å². The summed E-state index contributed by atoms with van der Waals surface area (Å²) in [6.07, 6.45) is 2.91. The summed E-state index contributed by atoms with van der Waals surface area (Å²) in [6.45, 7) is 0.128. The number of ether oxygens (including phenoxy) is 1. The van der Waals surface area contributed by atoms with E-state index in [1.54, 1.807) is 24.5 Å². The van der Waals surface area contributed by atoms with E-state index in [4.69, 9.17) is 14.9 Å². The van der Waals surface area contributed by atoms with Gasteiger partial charge in [0, 0.05) is 34.8 Å². The van der Waals surface area contributed by atoms with Gasteiger partial charge in [-0.3, -0.25) is 9.78 Å². The fourth-order valence-electron chi connectivity index (χ4n) is 4.23. The number of hydrogen-bond acceptors (Lipinski definition) is 5. The molecule has 0 atom stereocenters. The Balaban J connectivity index is 1.52. The number of pyridine rings is 1. The van der Waals surface area contributed by atoms with Crippen molar-refractivity contribution in [2.45, 2.75) is 19.6 Å². The van der Waals surface area contributed by atoms with E-state index in [1.807, 2.05) is 54.6 Å². The number of aliphatic carboxylic acids is 1. The summed E-state index contributed by atoms with van der Waals surface area (Å²) in [7, 11) is 0. The van der Waals surface area contributed by atoms with E-state index in [1.165, 1.54) is 6.20 Å². The van der Waals surface area contributed by atoms with Gasteiger partial charge in [-0.05, 0) is 47.0 Å². The average molecular weight is 483 g/mol.